The second-order valence-electron chi connectivity index (χ2n) is 5.82. The number of nitrogens with zero attached hydrogens (tertiary/aromatic N) is 4. The molecule has 0 radical (unpaired) electrons. The van der Waals surface area contributed by atoms with Gasteiger partial charge in [0.15, 0.2) is 5.65 Å². The van der Waals surface area contributed by atoms with Gasteiger partial charge in [-0.3, -0.25) is 0 Å². The quantitative estimate of drug-likeness (QED) is 0.720. The molecule has 0 saturated carbocycles. The zero-order chi connectivity index (χ0) is 17.3. The number of hydrogen-bond acceptors (Lipinski definition) is 6. The van der Waals surface area contributed by atoms with Crippen LogP contribution in [0, 0.1) is 0 Å². The highest BCUT2D eigenvalue weighted by Gasteiger charge is 2.24. The molecule has 0 saturated heterocycles. The Morgan fingerprint density at radius 3 is 2.54 bits per heavy atom. The number of nitrogens with two attached hydrogens (primary N) is 1. The van der Waals surface area contributed by atoms with Gasteiger partial charge in [-0.2, -0.15) is 0 Å². The molecule has 24 heavy (non-hydrogen) atoms. The summed E-state index contributed by atoms with van der Waals surface area (Å²) in [4.78, 5) is 23.7. The average Bonchev–Trinajstić information content (AvgIpc) is 2.81. The van der Waals surface area contributed by atoms with Gasteiger partial charge in [0.2, 0.25) is 0 Å². The normalized spacial score (nSPS) is 11.5. The molecule has 126 valence electrons. The van der Waals surface area contributed by atoms with Crippen molar-refractivity contribution < 1.29 is 9.53 Å². The van der Waals surface area contributed by atoms with E-state index in [1.54, 1.807) is 6.92 Å². The molecule has 0 bridgehead atoms. The number of carbonyl (C=O) groups is 1. The van der Waals surface area contributed by atoms with Gasteiger partial charge in [-0.05, 0) is 33.2 Å². The van der Waals surface area contributed by atoms with E-state index < -0.39 is 5.97 Å². The van der Waals surface area contributed by atoms with Crippen molar-refractivity contribution in [3.8, 4) is 0 Å². The van der Waals surface area contributed by atoms with Crippen LogP contribution in [0.1, 0.15) is 17.3 Å². The van der Waals surface area contributed by atoms with Gasteiger partial charge < -0.3 is 19.9 Å². The number of anilines is 1. The molecule has 3 rings (SSSR count). The number of aromatic nitrogens is 3. The van der Waals surface area contributed by atoms with Crippen LogP contribution in [0.4, 0.5) is 5.82 Å². The summed E-state index contributed by atoms with van der Waals surface area (Å²) in [6.45, 7) is 3.43. The SMILES string of the molecule is CCOC(=O)c1c(N)n(CCN(C)C)c2nc3ccccc3nc12. The summed E-state index contributed by atoms with van der Waals surface area (Å²) in [6, 6.07) is 7.56. The summed E-state index contributed by atoms with van der Waals surface area (Å²) in [7, 11) is 3.96. The molecule has 0 aliphatic heterocycles. The number of hydrogen-bond donors (Lipinski definition) is 1. The maximum Gasteiger partial charge on any atom is 0.344 e. The monoisotopic (exact) mass is 327 g/mol. The van der Waals surface area contributed by atoms with Crippen LogP contribution in [-0.2, 0) is 11.3 Å². The van der Waals surface area contributed by atoms with Crippen LogP contribution in [0.25, 0.3) is 22.2 Å². The molecular formula is C17H21N5O2. The van der Waals surface area contributed by atoms with E-state index >= 15 is 0 Å². The van der Waals surface area contributed by atoms with Crippen molar-refractivity contribution >= 4 is 34.0 Å². The minimum absolute atomic E-state index is 0.281. The molecule has 3 aromatic rings. The fourth-order valence-electron chi connectivity index (χ4n) is 2.65. The van der Waals surface area contributed by atoms with Gasteiger partial charge >= 0.3 is 5.97 Å². The lowest BCUT2D eigenvalue weighted by Gasteiger charge is -2.12. The highest BCUT2D eigenvalue weighted by atomic mass is 16.5. The number of ether oxygens (including phenoxy) is 1. The van der Waals surface area contributed by atoms with Gasteiger partial charge in [0, 0.05) is 13.1 Å². The van der Waals surface area contributed by atoms with Gasteiger partial charge in [-0.15, -0.1) is 0 Å². The van der Waals surface area contributed by atoms with Crippen LogP contribution in [0.2, 0.25) is 0 Å². The van der Waals surface area contributed by atoms with Crippen molar-refractivity contribution in [1.29, 1.82) is 0 Å². The Bertz CT molecular complexity index is 901. The number of nitrogen functional groups attached to an aromatic ring is 1. The lowest BCUT2D eigenvalue weighted by molar-refractivity contribution is 0.0529. The van der Waals surface area contributed by atoms with Crippen molar-refractivity contribution in [3.63, 3.8) is 0 Å². The van der Waals surface area contributed by atoms with Gasteiger partial charge in [-0.25, -0.2) is 14.8 Å². The summed E-state index contributed by atoms with van der Waals surface area (Å²) < 4.78 is 6.99. The minimum atomic E-state index is -0.465. The molecule has 0 aliphatic carbocycles. The molecule has 7 nitrogen and oxygen atoms in total. The van der Waals surface area contributed by atoms with E-state index in [1.165, 1.54) is 0 Å². The molecule has 0 unspecified atom stereocenters. The predicted octanol–water partition coefficient (Wildman–Crippen LogP) is 1.90. The third kappa shape index (κ3) is 2.78. The Morgan fingerprint density at radius 1 is 1.25 bits per heavy atom. The molecule has 0 fully saturated rings. The largest absolute Gasteiger partial charge is 0.462 e. The summed E-state index contributed by atoms with van der Waals surface area (Å²) in [5.74, 6) is -0.117. The first-order valence-electron chi connectivity index (χ1n) is 7.89. The maximum atomic E-state index is 12.4. The van der Waals surface area contributed by atoms with Crippen molar-refractivity contribution in [2.24, 2.45) is 0 Å². The Hall–Kier alpha value is -2.67. The van der Waals surface area contributed by atoms with E-state index in [-0.39, 0.29) is 6.61 Å². The first kappa shape index (κ1) is 16.2. The number of rotatable bonds is 5. The van der Waals surface area contributed by atoms with Crippen LogP contribution in [0.3, 0.4) is 0 Å². The third-order valence-electron chi connectivity index (χ3n) is 3.84. The van der Waals surface area contributed by atoms with Crippen LogP contribution in [0.5, 0.6) is 0 Å². The van der Waals surface area contributed by atoms with E-state index in [9.17, 15) is 4.79 Å². The summed E-state index contributed by atoms with van der Waals surface area (Å²) in [6.07, 6.45) is 0. The topological polar surface area (TPSA) is 86.3 Å². The second kappa shape index (κ2) is 6.45. The standard InChI is InChI=1S/C17H21N5O2/c1-4-24-17(23)13-14-16(22(15(13)18)10-9-21(2)3)20-12-8-6-5-7-11(12)19-14/h5-8H,4,9-10,18H2,1-3H3. The number of likely N-dealkylation sites (N-methyl/N-ethyl adjacent to an activating group) is 1. The molecule has 0 aliphatic rings. The predicted molar refractivity (Wildman–Crippen MR) is 94.0 cm³/mol. The van der Waals surface area contributed by atoms with Crippen molar-refractivity contribution in [3.05, 3.63) is 29.8 Å². The molecular weight excluding hydrogens is 306 g/mol. The van der Waals surface area contributed by atoms with E-state index in [0.717, 1.165) is 17.6 Å². The lowest BCUT2D eigenvalue weighted by atomic mass is 10.2. The fourth-order valence-corrected chi connectivity index (χ4v) is 2.65. The molecule has 0 spiro atoms. The van der Waals surface area contributed by atoms with E-state index in [4.69, 9.17) is 10.5 Å². The fraction of sp³-hybridized carbons (Fsp3) is 0.353. The van der Waals surface area contributed by atoms with Crippen LogP contribution in [0.15, 0.2) is 24.3 Å². The molecule has 2 aromatic heterocycles. The number of carbonyl (C=O) groups excluding carboxylic acids is 1. The van der Waals surface area contributed by atoms with Gasteiger partial charge in [0.05, 0.1) is 17.6 Å². The number of para-hydroxylation sites is 2. The minimum Gasteiger partial charge on any atom is -0.462 e. The zero-order valence-corrected chi connectivity index (χ0v) is 14.1. The zero-order valence-electron chi connectivity index (χ0n) is 14.1. The smallest absolute Gasteiger partial charge is 0.344 e. The highest BCUT2D eigenvalue weighted by Crippen LogP contribution is 2.28. The lowest BCUT2D eigenvalue weighted by Crippen LogP contribution is -2.19. The number of esters is 1. The Morgan fingerprint density at radius 2 is 1.92 bits per heavy atom. The average molecular weight is 327 g/mol. The van der Waals surface area contributed by atoms with Crippen LogP contribution < -0.4 is 5.73 Å². The molecule has 0 atom stereocenters. The number of benzene rings is 1. The van der Waals surface area contributed by atoms with Crippen molar-refractivity contribution in [2.45, 2.75) is 13.5 Å². The van der Waals surface area contributed by atoms with Crippen LogP contribution in [-0.4, -0.2) is 52.7 Å². The summed E-state index contributed by atoms with van der Waals surface area (Å²) >= 11 is 0. The first-order chi connectivity index (χ1) is 11.5. The van der Waals surface area contributed by atoms with E-state index in [1.807, 2.05) is 47.8 Å². The maximum absolute atomic E-state index is 12.4. The molecule has 1 aromatic carbocycles. The molecule has 7 heteroatoms. The van der Waals surface area contributed by atoms with E-state index in [2.05, 4.69) is 9.97 Å². The van der Waals surface area contributed by atoms with Gasteiger partial charge in [-0.1, -0.05) is 12.1 Å². The van der Waals surface area contributed by atoms with Crippen LogP contribution >= 0.6 is 0 Å². The third-order valence-corrected chi connectivity index (χ3v) is 3.84. The van der Waals surface area contributed by atoms with Crippen molar-refractivity contribution in [2.75, 3.05) is 33.0 Å². The Labute approximate surface area is 140 Å². The van der Waals surface area contributed by atoms with Crippen molar-refractivity contribution in [1.82, 2.24) is 19.4 Å². The summed E-state index contributed by atoms with van der Waals surface area (Å²) in [5.41, 5.74) is 9.14. The Kier molecular flexibility index (Phi) is 4.35. The molecule has 2 heterocycles. The first-order valence-corrected chi connectivity index (χ1v) is 7.89. The second-order valence-corrected chi connectivity index (χ2v) is 5.82. The van der Waals surface area contributed by atoms with Gasteiger partial charge in [0.1, 0.15) is 16.9 Å². The molecule has 2 N–H and O–H groups in total. The number of fused-ring (bicyclic) bond motifs is 2. The highest BCUT2D eigenvalue weighted by molar-refractivity contribution is 6.08. The van der Waals surface area contributed by atoms with Gasteiger partial charge in [0.25, 0.3) is 0 Å². The molecule has 0 amide bonds. The van der Waals surface area contributed by atoms with E-state index in [0.29, 0.717) is 29.1 Å². The Balaban J connectivity index is 2.26. The summed E-state index contributed by atoms with van der Waals surface area (Å²) in [5, 5.41) is 0.